The summed E-state index contributed by atoms with van der Waals surface area (Å²) in [6, 6.07) is 33.4. The number of hydrogen-bond donors (Lipinski definition) is 0. The summed E-state index contributed by atoms with van der Waals surface area (Å²) in [7, 11) is 0. The van der Waals surface area contributed by atoms with Crippen molar-refractivity contribution < 1.29 is 48.1 Å². The molecule has 5 rings (SSSR count). The van der Waals surface area contributed by atoms with Crippen molar-refractivity contribution in [2.45, 2.75) is 60.9 Å². The molecule has 0 aliphatic carbocycles. The van der Waals surface area contributed by atoms with E-state index in [1.807, 2.05) is 0 Å². The van der Waals surface area contributed by atoms with Gasteiger partial charge in [-0.05, 0) is 24.7 Å². The molecule has 206 valence electrons. The molecule has 0 spiro atoms. The first-order valence-electron chi connectivity index (χ1n) is 13.5. The molecule has 0 radical (unpaired) electrons. The second kappa shape index (κ2) is 17.4. The first-order valence-corrected chi connectivity index (χ1v) is 19.2. The maximum Gasteiger partial charge on any atom is -0.0271 e. The summed E-state index contributed by atoms with van der Waals surface area (Å²) in [4.78, 5) is 0. The number of benzene rings is 3. The van der Waals surface area contributed by atoms with E-state index in [9.17, 15) is 0 Å². The standard InChI is InChI=1S/2C14H17.C7H8Si.2ClH.Zr/c2*1-10(2)6-12-4-5-13-7-11(3)8-14(13)9-12;1-8-7-5-3-2-4-6-7;;;/h2*4-5,7-10H,6H2,1-3H3;2-6H,1H3;2*1H;/q2*-1;;;;+2/p-2. The molecule has 0 aliphatic rings. The number of aryl methyl sites for hydroxylation is 2. The van der Waals surface area contributed by atoms with Crippen LogP contribution in [0.15, 0.2) is 91.0 Å². The van der Waals surface area contributed by atoms with E-state index in [4.69, 9.17) is 0 Å². The van der Waals surface area contributed by atoms with E-state index in [0.717, 1.165) is 11.8 Å². The summed E-state index contributed by atoms with van der Waals surface area (Å²) in [5.41, 5.74) is 5.52. The van der Waals surface area contributed by atoms with Crippen LogP contribution >= 0.6 is 0 Å². The summed E-state index contributed by atoms with van der Waals surface area (Å²) in [5, 5.41) is 7.08. The molecular weight excluding hydrogens is 611 g/mol. The van der Waals surface area contributed by atoms with Gasteiger partial charge in [0.15, 0.2) is 0 Å². The zero-order valence-corrected chi connectivity index (χ0v) is 29.5. The fourth-order valence-electron chi connectivity index (χ4n) is 4.71. The van der Waals surface area contributed by atoms with Gasteiger partial charge in [-0.2, -0.15) is 12.1 Å². The molecule has 0 aliphatic heterocycles. The van der Waals surface area contributed by atoms with Gasteiger partial charge in [0.2, 0.25) is 0 Å². The molecule has 0 aromatic heterocycles. The molecule has 4 heteroatoms. The molecule has 0 saturated heterocycles. The summed E-state index contributed by atoms with van der Waals surface area (Å²) in [6.07, 6.45) is 2.36. The van der Waals surface area contributed by atoms with Gasteiger partial charge >= 0.3 is 70.8 Å². The third-order valence-corrected chi connectivity index (χ3v) is 9.66. The van der Waals surface area contributed by atoms with E-state index in [1.54, 1.807) is 28.5 Å². The Labute approximate surface area is 264 Å². The van der Waals surface area contributed by atoms with Gasteiger partial charge in [0.05, 0.1) is 0 Å². The van der Waals surface area contributed by atoms with E-state index in [2.05, 4.69) is 139 Å². The molecule has 0 amide bonds. The Bertz CT molecular complexity index is 1340. The van der Waals surface area contributed by atoms with E-state index >= 15 is 0 Å². The van der Waals surface area contributed by atoms with E-state index in [1.165, 1.54) is 56.6 Å². The predicted molar refractivity (Wildman–Crippen MR) is 163 cm³/mol. The molecule has 5 aromatic carbocycles. The van der Waals surface area contributed by atoms with Gasteiger partial charge in [0, 0.05) is 0 Å². The van der Waals surface area contributed by atoms with Crippen molar-refractivity contribution in [3.63, 3.8) is 0 Å². The smallest absolute Gasteiger partial charge is 0.0271 e. The maximum absolute atomic E-state index is 2.35. The Morgan fingerprint density at radius 2 is 1.05 bits per heavy atom. The summed E-state index contributed by atoms with van der Waals surface area (Å²) in [6.45, 7) is 15.7. The monoisotopic (exact) mass is 650 g/mol. The first-order chi connectivity index (χ1) is 17.6. The fraction of sp³-hybridized carbons (Fsp3) is 0.314. The Kier molecular flexibility index (Phi) is 15.9. The van der Waals surface area contributed by atoms with Gasteiger partial charge in [-0.15, -0.1) is 81.2 Å². The largest absolute Gasteiger partial charge is 1.00 e. The average Bonchev–Trinajstić information content (AvgIpc) is 3.39. The Balaban J connectivity index is 0.000000292. The zero-order valence-electron chi connectivity index (χ0n) is 24.5. The van der Waals surface area contributed by atoms with Crippen LogP contribution in [0.4, 0.5) is 0 Å². The van der Waals surface area contributed by atoms with Crippen molar-refractivity contribution in [1.29, 1.82) is 0 Å². The third-order valence-electron chi connectivity index (χ3n) is 6.33. The van der Waals surface area contributed by atoms with Gasteiger partial charge in [-0.25, -0.2) is 0 Å². The van der Waals surface area contributed by atoms with Crippen molar-refractivity contribution in [3.05, 3.63) is 113 Å². The molecule has 0 heterocycles. The minimum absolute atomic E-state index is 0. The summed E-state index contributed by atoms with van der Waals surface area (Å²) >= 11 is 1.69. The molecule has 0 fully saturated rings. The van der Waals surface area contributed by atoms with Crippen LogP contribution in [0.5, 0.6) is 0 Å². The SMILES string of the molecule is C[Si](=[Zr+2])c1ccccc1.Cc1cc2cc(CC(C)C)ccc2[cH-]1.Cc1cc2cc(CC(C)C)ccc2[cH-]1.[Cl-].[Cl-]. The number of rotatable bonds is 5. The second-order valence-corrected chi connectivity index (χ2v) is 18.5. The molecule has 0 bridgehead atoms. The van der Waals surface area contributed by atoms with Gasteiger partial charge < -0.3 is 24.8 Å². The van der Waals surface area contributed by atoms with E-state index < -0.39 is 0 Å². The van der Waals surface area contributed by atoms with E-state index in [0.29, 0.717) is 0 Å². The molecule has 5 aromatic rings. The molecule has 0 atom stereocenters. The quantitative estimate of drug-likeness (QED) is 0.202. The van der Waals surface area contributed by atoms with Gasteiger partial charge in [0.25, 0.3) is 0 Å². The van der Waals surface area contributed by atoms with Gasteiger partial charge in [-0.3, -0.25) is 0 Å². The van der Waals surface area contributed by atoms with Crippen LogP contribution in [0, 0.1) is 25.7 Å². The summed E-state index contributed by atoms with van der Waals surface area (Å²) < 4.78 is 0. The molecule has 0 nitrogen and oxygen atoms in total. The molecular formula is C35H42Cl2SiZr-2. The minimum atomic E-state index is -0.122. The number of halogens is 2. The second-order valence-electron chi connectivity index (χ2n) is 11.2. The Morgan fingerprint density at radius 1 is 0.641 bits per heavy atom. The molecule has 0 unspecified atom stereocenters. The van der Waals surface area contributed by atoms with Crippen molar-refractivity contribution in [2.24, 2.45) is 11.8 Å². The van der Waals surface area contributed by atoms with Crippen molar-refractivity contribution in [3.8, 4) is 0 Å². The van der Waals surface area contributed by atoms with Crippen LogP contribution < -0.4 is 30.0 Å². The van der Waals surface area contributed by atoms with Gasteiger partial charge in [-0.1, -0.05) is 52.7 Å². The van der Waals surface area contributed by atoms with Crippen LogP contribution in [-0.4, -0.2) is 5.43 Å². The van der Waals surface area contributed by atoms with Crippen LogP contribution in [0.3, 0.4) is 0 Å². The van der Waals surface area contributed by atoms with Crippen LogP contribution in [0.1, 0.15) is 49.9 Å². The predicted octanol–water partition coefficient (Wildman–Crippen LogP) is 3.20. The van der Waals surface area contributed by atoms with Crippen molar-refractivity contribution in [1.82, 2.24) is 0 Å². The van der Waals surface area contributed by atoms with E-state index in [-0.39, 0.29) is 30.2 Å². The molecule has 39 heavy (non-hydrogen) atoms. The Morgan fingerprint density at radius 3 is 1.38 bits per heavy atom. The van der Waals surface area contributed by atoms with Crippen LogP contribution in [0.25, 0.3) is 21.5 Å². The molecule has 0 N–H and O–H groups in total. The van der Waals surface area contributed by atoms with Crippen LogP contribution in [-0.2, 0) is 36.2 Å². The van der Waals surface area contributed by atoms with Crippen molar-refractivity contribution in [2.75, 3.05) is 0 Å². The average molecular weight is 653 g/mol. The topological polar surface area (TPSA) is 0 Å². The third kappa shape index (κ3) is 11.9. The zero-order chi connectivity index (χ0) is 26.9. The fourth-order valence-corrected chi connectivity index (χ4v) is 6.63. The maximum atomic E-state index is 2.35. The van der Waals surface area contributed by atoms with Gasteiger partial charge in [0.1, 0.15) is 0 Å². The number of hydrogen-bond acceptors (Lipinski definition) is 0. The first kappa shape index (κ1) is 35.6. The normalized spacial score (nSPS) is 10.3. The minimum Gasteiger partial charge on any atom is -1.00 e. The van der Waals surface area contributed by atoms with Crippen molar-refractivity contribution >= 4 is 32.2 Å². The summed E-state index contributed by atoms with van der Waals surface area (Å²) in [5.74, 6) is 1.48. The molecule has 0 saturated carbocycles. The number of fused-ring (bicyclic) bond motifs is 2. The van der Waals surface area contributed by atoms with Crippen LogP contribution in [0.2, 0.25) is 6.55 Å². The Hall–Kier alpha value is -1.44.